The van der Waals surface area contributed by atoms with Crippen molar-refractivity contribution in [2.45, 2.75) is 20.0 Å². The third-order valence-electron chi connectivity index (χ3n) is 4.80. The quantitative estimate of drug-likeness (QED) is 0.214. The van der Waals surface area contributed by atoms with Crippen LogP contribution in [-0.4, -0.2) is 37.0 Å². The number of amides is 4. The van der Waals surface area contributed by atoms with Gasteiger partial charge in [0, 0.05) is 12.2 Å². The van der Waals surface area contributed by atoms with Crippen molar-refractivity contribution in [1.82, 2.24) is 16.1 Å². The molecule has 0 aliphatic rings. The standard InChI is InChI=1S/C25H25N5O6/c1-16-3-7-18(8-4-16)29-24(33)22(31)27-14-20-11-12-21(36-20)15-28-30-25(34)23(32)26-13-17-5-9-19(35-2)10-6-17/h3-12,15H,13-14H2,1-2H3,(H,26,32)(H,27,31)(H,29,33)(H,30,34)/b28-15+. The van der Waals surface area contributed by atoms with Crippen molar-refractivity contribution in [3.05, 3.63) is 83.3 Å². The van der Waals surface area contributed by atoms with Crippen molar-refractivity contribution in [2.75, 3.05) is 12.4 Å². The molecule has 186 valence electrons. The molecule has 0 saturated heterocycles. The van der Waals surface area contributed by atoms with Gasteiger partial charge in [0.05, 0.1) is 19.9 Å². The summed E-state index contributed by atoms with van der Waals surface area (Å²) in [4.78, 5) is 47.8. The molecule has 3 aromatic rings. The molecule has 1 aromatic heterocycles. The molecule has 1 heterocycles. The minimum absolute atomic E-state index is 0.0336. The van der Waals surface area contributed by atoms with Crippen molar-refractivity contribution in [3.8, 4) is 5.75 Å². The molecule has 0 aliphatic carbocycles. The molecule has 0 unspecified atom stereocenters. The van der Waals surface area contributed by atoms with Crippen molar-refractivity contribution in [1.29, 1.82) is 0 Å². The smallest absolute Gasteiger partial charge is 0.329 e. The Bertz CT molecular complexity index is 1250. The molecule has 3 rings (SSSR count). The number of anilines is 1. The summed E-state index contributed by atoms with van der Waals surface area (Å²) in [7, 11) is 1.55. The lowest BCUT2D eigenvalue weighted by Gasteiger charge is -2.05. The average molecular weight is 492 g/mol. The minimum Gasteiger partial charge on any atom is -0.497 e. The number of nitrogens with zero attached hydrogens (tertiary/aromatic N) is 1. The highest BCUT2D eigenvalue weighted by atomic mass is 16.5. The van der Waals surface area contributed by atoms with E-state index in [9.17, 15) is 19.2 Å². The highest BCUT2D eigenvalue weighted by Gasteiger charge is 2.14. The number of methoxy groups -OCH3 is 1. The van der Waals surface area contributed by atoms with Gasteiger partial charge in [-0.05, 0) is 48.9 Å². The Morgan fingerprint density at radius 2 is 1.50 bits per heavy atom. The van der Waals surface area contributed by atoms with Gasteiger partial charge in [-0.15, -0.1) is 0 Å². The molecule has 2 aromatic carbocycles. The van der Waals surface area contributed by atoms with Crippen LogP contribution in [0, 0.1) is 6.92 Å². The van der Waals surface area contributed by atoms with Crippen LogP contribution in [-0.2, 0) is 32.3 Å². The van der Waals surface area contributed by atoms with Gasteiger partial charge in [0.25, 0.3) is 0 Å². The van der Waals surface area contributed by atoms with Gasteiger partial charge in [0.2, 0.25) is 0 Å². The van der Waals surface area contributed by atoms with Gasteiger partial charge in [-0.2, -0.15) is 5.10 Å². The van der Waals surface area contributed by atoms with E-state index in [1.54, 1.807) is 55.6 Å². The van der Waals surface area contributed by atoms with Crippen LogP contribution in [0.4, 0.5) is 5.69 Å². The van der Waals surface area contributed by atoms with Gasteiger partial charge < -0.3 is 25.1 Å². The van der Waals surface area contributed by atoms with Crippen molar-refractivity contribution in [2.24, 2.45) is 5.10 Å². The second-order valence-electron chi connectivity index (χ2n) is 7.54. The number of furan rings is 1. The lowest BCUT2D eigenvalue weighted by molar-refractivity contribution is -0.139. The lowest BCUT2D eigenvalue weighted by atomic mass is 10.2. The molecule has 0 atom stereocenters. The van der Waals surface area contributed by atoms with Crippen LogP contribution in [0.25, 0.3) is 0 Å². The van der Waals surface area contributed by atoms with Crippen LogP contribution in [0.3, 0.4) is 0 Å². The zero-order valence-electron chi connectivity index (χ0n) is 19.7. The monoisotopic (exact) mass is 491 g/mol. The first-order valence-electron chi connectivity index (χ1n) is 10.8. The molecule has 0 bridgehead atoms. The van der Waals surface area contributed by atoms with E-state index in [-0.39, 0.29) is 18.8 Å². The highest BCUT2D eigenvalue weighted by Crippen LogP contribution is 2.11. The van der Waals surface area contributed by atoms with E-state index in [2.05, 4.69) is 26.5 Å². The van der Waals surface area contributed by atoms with E-state index in [0.29, 0.717) is 17.2 Å². The van der Waals surface area contributed by atoms with E-state index in [1.807, 2.05) is 19.1 Å². The van der Waals surface area contributed by atoms with Crippen LogP contribution in [0.15, 0.2) is 70.2 Å². The number of rotatable bonds is 8. The summed E-state index contributed by atoms with van der Waals surface area (Å²) < 4.78 is 10.5. The topological polar surface area (TPSA) is 151 Å². The summed E-state index contributed by atoms with van der Waals surface area (Å²) in [5, 5.41) is 11.1. The van der Waals surface area contributed by atoms with Gasteiger partial charge in [-0.1, -0.05) is 29.8 Å². The maximum absolute atomic E-state index is 12.0. The van der Waals surface area contributed by atoms with Crippen LogP contribution >= 0.6 is 0 Å². The Morgan fingerprint density at radius 3 is 2.19 bits per heavy atom. The van der Waals surface area contributed by atoms with E-state index in [4.69, 9.17) is 9.15 Å². The lowest BCUT2D eigenvalue weighted by Crippen LogP contribution is -2.37. The summed E-state index contributed by atoms with van der Waals surface area (Å²) in [5.74, 6) is -2.12. The maximum Gasteiger partial charge on any atom is 0.329 e. The Kier molecular flexibility index (Phi) is 8.93. The number of hydrazone groups is 1. The summed E-state index contributed by atoms with van der Waals surface area (Å²) in [6.07, 6.45) is 1.20. The first-order valence-corrected chi connectivity index (χ1v) is 10.8. The normalized spacial score (nSPS) is 10.5. The average Bonchev–Trinajstić information content (AvgIpc) is 3.35. The number of carbonyl (C=O) groups is 4. The predicted octanol–water partition coefficient (Wildman–Crippen LogP) is 1.62. The Balaban J connectivity index is 1.39. The highest BCUT2D eigenvalue weighted by molar-refractivity contribution is 6.39. The number of aryl methyl sites for hydroxylation is 1. The third-order valence-corrected chi connectivity index (χ3v) is 4.80. The minimum atomic E-state index is -0.946. The molecule has 36 heavy (non-hydrogen) atoms. The molecule has 0 radical (unpaired) electrons. The van der Waals surface area contributed by atoms with Gasteiger partial charge in [0.15, 0.2) is 0 Å². The molecule has 11 nitrogen and oxygen atoms in total. The van der Waals surface area contributed by atoms with Gasteiger partial charge in [-0.3, -0.25) is 19.2 Å². The molecule has 0 spiro atoms. The van der Waals surface area contributed by atoms with E-state index < -0.39 is 23.6 Å². The molecule has 0 fully saturated rings. The zero-order chi connectivity index (χ0) is 25.9. The number of nitrogens with one attached hydrogen (secondary N) is 4. The summed E-state index contributed by atoms with van der Waals surface area (Å²) in [5.41, 5.74) is 4.43. The predicted molar refractivity (Wildman–Crippen MR) is 131 cm³/mol. The zero-order valence-corrected chi connectivity index (χ0v) is 19.7. The summed E-state index contributed by atoms with van der Waals surface area (Å²) >= 11 is 0. The molecular formula is C25H25N5O6. The second-order valence-corrected chi connectivity index (χ2v) is 7.54. The number of benzene rings is 2. The Labute approximate surface area is 206 Å². The van der Waals surface area contributed by atoms with Crippen LogP contribution in [0.2, 0.25) is 0 Å². The Morgan fingerprint density at radius 1 is 0.833 bits per heavy atom. The fourth-order valence-electron chi connectivity index (χ4n) is 2.84. The van der Waals surface area contributed by atoms with Crippen molar-refractivity contribution < 1.29 is 28.3 Å². The second kappa shape index (κ2) is 12.5. The molecule has 4 amide bonds. The fourth-order valence-corrected chi connectivity index (χ4v) is 2.84. The van der Waals surface area contributed by atoms with E-state index >= 15 is 0 Å². The van der Waals surface area contributed by atoms with Gasteiger partial charge in [0.1, 0.15) is 17.3 Å². The largest absolute Gasteiger partial charge is 0.497 e. The molecule has 0 aliphatic heterocycles. The van der Waals surface area contributed by atoms with Gasteiger partial charge in [-0.25, -0.2) is 5.43 Å². The maximum atomic E-state index is 12.0. The number of carbonyl (C=O) groups excluding carboxylic acids is 4. The number of hydrogen-bond donors (Lipinski definition) is 4. The third kappa shape index (κ3) is 7.83. The van der Waals surface area contributed by atoms with E-state index in [0.717, 1.165) is 11.1 Å². The van der Waals surface area contributed by atoms with Crippen molar-refractivity contribution >= 4 is 35.5 Å². The van der Waals surface area contributed by atoms with Crippen molar-refractivity contribution in [3.63, 3.8) is 0 Å². The fraction of sp³-hybridized carbons (Fsp3) is 0.160. The molecule has 11 heteroatoms. The van der Waals surface area contributed by atoms with Crippen LogP contribution in [0.1, 0.15) is 22.6 Å². The van der Waals surface area contributed by atoms with E-state index in [1.165, 1.54) is 6.21 Å². The first-order chi connectivity index (χ1) is 17.3. The van der Waals surface area contributed by atoms with Gasteiger partial charge >= 0.3 is 23.6 Å². The first kappa shape index (κ1) is 25.7. The molecule has 0 saturated carbocycles. The Hall–Kier alpha value is -4.93. The number of ether oxygens (including phenoxy) is 1. The van der Waals surface area contributed by atoms with Crippen LogP contribution in [0.5, 0.6) is 5.75 Å². The molecule has 4 N–H and O–H groups in total. The number of hydrogen-bond acceptors (Lipinski definition) is 7. The summed E-state index contributed by atoms with van der Waals surface area (Å²) in [6.45, 7) is 2.04. The summed E-state index contributed by atoms with van der Waals surface area (Å²) in [6, 6.07) is 17.2. The molecular weight excluding hydrogens is 466 g/mol. The van der Waals surface area contributed by atoms with Crippen LogP contribution < -0.4 is 26.1 Å². The SMILES string of the molecule is COc1ccc(CNC(=O)C(=O)N/N=C/c2ccc(CNC(=O)C(=O)Nc3ccc(C)cc3)o2)cc1.